The normalized spacial score (nSPS) is 13.7. The Labute approximate surface area is 157 Å². The highest BCUT2D eigenvalue weighted by atomic mass is 35.5. The molecular weight excluding hydrogens is 346 g/mol. The van der Waals surface area contributed by atoms with E-state index in [0.29, 0.717) is 16.4 Å². The minimum atomic E-state index is -0.0980. The predicted molar refractivity (Wildman–Crippen MR) is 104 cm³/mol. The van der Waals surface area contributed by atoms with Gasteiger partial charge in [-0.2, -0.15) is 5.10 Å². The van der Waals surface area contributed by atoms with E-state index in [1.54, 1.807) is 4.68 Å². The summed E-state index contributed by atoms with van der Waals surface area (Å²) in [5.74, 6) is -0.0980. The van der Waals surface area contributed by atoms with Crippen LogP contribution in [-0.2, 0) is 0 Å². The average Bonchev–Trinajstić information content (AvgIpc) is 3.32. The molecule has 0 atom stereocenters. The third-order valence-electron chi connectivity index (χ3n) is 4.60. The number of aryl methyl sites for hydroxylation is 2. The topological polar surface area (TPSA) is 46.9 Å². The summed E-state index contributed by atoms with van der Waals surface area (Å²) < 4.78 is 1.73. The standard InChI is InChI=1S/C21H20ClN3O/c1-13-7-8-14(2)19(11-13)25-20(21(26)23-15-9-10-15)12-18(24-25)16-5-3-4-6-17(16)22/h3-8,11-12,15H,9-10H2,1-2H3,(H,23,26). The molecule has 1 amide bonds. The van der Waals surface area contributed by atoms with Crippen molar-refractivity contribution >= 4 is 17.5 Å². The Kier molecular flexibility index (Phi) is 4.29. The number of rotatable bonds is 4. The van der Waals surface area contributed by atoms with Crippen molar-refractivity contribution in [2.75, 3.05) is 0 Å². The quantitative estimate of drug-likeness (QED) is 0.728. The molecule has 132 valence electrons. The molecule has 0 radical (unpaired) electrons. The van der Waals surface area contributed by atoms with Gasteiger partial charge in [-0.25, -0.2) is 4.68 Å². The zero-order chi connectivity index (χ0) is 18.3. The number of aromatic nitrogens is 2. The zero-order valence-electron chi connectivity index (χ0n) is 14.8. The lowest BCUT2D eigenvalue weighted by Gasteiger charge is -2.11. The number of hydrogen-bond acceptors (Lipinski definition) is 2. The number of nitrogens with zero attached hydrogens (tertiary/aromatic N) is 2. The maximum Gasteiger partial charge on any atom is 0.270 e. The van der Waals surface area contributed by atoms with Crippen molar-refractivity contribution < 1.29 is 4.79 Å². The number of halogens is 1. The summed E-state index contributed by atoms with van der Waals surface area (Å²) >= 11 is 6.35. The third kappa shape index (κ3) is 3.25. The number of carbonyl (C=O) groups is 1. The van der Waals surface area contributed by atoms with Gasteiger partial charge < -0.3 is 5.32 Å². The molecule has 1 aromatic heterocycles. The second kappa shape index (κ2) is 6.61. The minimum absolute atomic E-state index is 0.0980. The van der Waals surface area contributed by atoms with E-state index < -0.39 is 0 Å². The number of amides is 1. The molecule has 0 saturated heterocycles. The van der Waals surface area contributed by atoms with Gasteiger partial charge in [-0.1, -0.05) is 41.9 Å². The van der Waals surface area contributed by atoms with E-state index in [2.05, 4.69) is 11.4 Å². The molecule has 1 saturated carbocycles. The summed E-state index contributed by atoms with van der Waals surface area (Å²) in [7, 11) is 0. The molecule has 5 heteroatoms. The maximum atomic E-state index is 12.8. The van der Waals surface area contributed by atoms with Gasteiger partial charge in [0, 0.05) is 11.6 Å². The summed E-state index contributed by atoms with van der Waals surface area (Å²) in [6.45, 7) is 4.06. The van der Waals surface area contributed by atoms with Gasteiger partial charge in [0.15, 0.2) is 0 Å². The summed E-state index contributed by atoms with van der Waals surface area (Å²) in [6.07, 6.45) is 2.08. The van der Waals surface area contributed by atoms with Gasteiger partial charge in [-0.15, -0.1) is 0 Å². The molecule has 1 aliphatic carbocycles. The van der Waals surface area contributed by atoms with Gasteiger partial charge in [0.25, 0.3) is 5.91 Å². The lowest BCUT2D eigenvalue weighted by Crippen LogP contribution is -2.27. The summed E-state index contributed by atoms with van der Waals surface area (Å²) in [5, 5.41) is 8.41. The Hall–Kier alpha value is -2.59. The fourth-order valence-electron chi connectivity index (χ4n) is 2.96. The SMILES string of the molecule is Cc1ccc(C)c(-n2nc(-c3ccccc3Cl)cc2C(=O)NC2CC2)c1. The molecule has 0 bridgehead atoms. The maximum absolute atomic E-state index is 12.8. The highest BCUT2D eigenvalue weighted by Gasteiger charge is 2.27. The molecule has 1 heterocycles. The van der Waals surface area contributed by atoms with Crippen LogP contribution >= 0.6 is 11.6 Å². The van der Waals surface area contributed by atoms with Gasteiger partial charge >= 0.3 is 0 Å². The first-order valence-corrected chi connectivity index (χ1v) is 9.14. The first-order valence-electron chi connectivity index (χ1n) is 8.76. The molecule has 4 nitrogen and oxygen atoms in total. The lowest BCUT2D eigenvalue weighted by molar-refractivity contribution is 0.0943. The second-order valence-electron chi connectivity index (χ2n) is 6.84. The summed E-state index contributed by atoms with van der Waals surface area (Å²) in [6, 6.07) is 15.8. The smallest absolute Gasteiger partial charge is 0.270 e. The fourth-order valence-corrected chi connectivity index (χ4v) is 3.19. The highest BCUT2D eigenvalue weighted by molar-refractivity contribution is 6.33. The van der Waals surface area contributed by atoms with Crippen molar-refractivity contribution in [3.63, 3.8) is 0 Å². The van der Waals surface area contributed by atoms with Crippen LogP contribution in [0.15, 0.2) is 48.5 Å². The molecule has 4 rings (SSSR count). The van der Waals surface area contributed by atoms with Crippen molar-refractivity contribution in [3.8, 4) is 16.9 Å². The summed E-state index contributed by atoms with van der Waals surface area (Å²) in [5.41, 5.74) is 5.12. The molecule has 0 aliphatic heterocycles. The molecule has 3 aromatic rings. The Balaban J connectivity index is 1.86. The van der Waals surface area contributed by atoms with Crippen LogP contribution in [0.25, 0.3) is 16.9 Å². The monoisotopic (exact) mass is 365 g/mol. The van der Waals surface area contributed by atoms with E-state index >= 15 is 0 Å². The van der Waals surface area contributed by atoms with Crippen LogP contribution in [0.2, 0.25) is 5.02 Å². The van der Waals surface area contributed by atoms with Gasteiger partial charge in [0.2, 0.25) is 0 Å². The third-order valence-corrected chi connectivity index (χ3v) is 4.93. The van der Waals surface area contributed by atoms with Crippen LogP contribution in [0.5, 0.6) is 0 Å². The fraction of sp³-hybridized carbons (Fsp3) is 0.238. The van der Waals surface area contributed by atoms with Crippen molar-refractivity contribution in [3.05, 3.63) is 70.4 Å². The van der Waals surface area contributed by atoms with Gasteiger partial charge in [0.05, 0.1) is 16.4 Å². The molecule has 2 aromatic carbocycles. The molecular formula is C21H20ClN3O. The van der Waals surface area contributed by atoms with Gasteiger partial charge in [0.1, 0.15) is 5.69 Å². The van der Waals surface area contributed by atoms with Crippen LogP contribution in [0.1, 0.15) is 34.5 Å². The van der Waals surface area contributed by atoms with Crippen LogP contribution in [-0.4, -0.2) is 21.7 Å². The molecule has 1 aliphatic rings. The van der Waals surface area contributed by atoms with E-state index in [4.69, 9.17) is 16.7 Å². The van der Waals surface area contributed by atoms with Crippen molar-refractivity contribution in [1.29, 1.82) is 0 Å². The predicted octanol–water partition coefficient (Wildman–Crippen LogP) is 4.70. The molecule has 1 fully saturated rings. The molecule has 0 spiro atoms. The van der Waals surface area contributed by atoms with Gasteiger partial charge in [-0.3, -0.25) is 4.79 Å². The number of carbonyl (C=O) groups excluding carboxylic acids is 1. The van der Waals surface area contributed by atoms with E-state index in [9.17, 15) is 4.79 Å². The molecule has 0 unspecified atom stereocenters. The first kappa shape index (κ1) is 16.9. The first-order chi connectivity index (χ1) is 12.5. The van der Waals surface area contributed by atoms with E-state index in [1.165, 1.54) is 0 Å². The number of nitrogens with one attached hydrogen (secondary N) is 1. The van der Waals surface area contributed by atoms with Crippen LogP contribution in [0, 0.1) is 13.8 Å². The molecule has 26 heavy (non-hydrogen) atoms. The van der Waals surface area contributed by atoms with Crippen molar-refractivity contribution in [1.82, 2.24) is 15.1 Å². The number of benzene rings is 2. The Morgan fingerprint density at radius 2 is 1.92 bits per heavy atom. The lowest BCUT2D eigenvalue weighted by atomic mass is 10.1. The van der Waals surface area contributed by atoms with Crippen LogP contribution in [0.3, 0.4) is 0 Å². The van der Waals surface area contributed by atoms with E-state index in [0.717, 1.165) is 35.2 Å². The van der Waals surface area contributed by atoms with Crippen LogP contribution < -0.4 is 5.32 Å². The zero-order valence-corrected chi connectivity index (χ0v) is 15.5. The largest absolute Gasteiger partial charge is 0.348 e. The Morgan fingerprint density at radius 3 is 2.65 bits per heavy atom. The van der Waals surface area contributed by atoms with E-state index in [1.807, 2.05) is 56.3 Å². The minimum Gasteiger partial charge on any atom is -0.348 e. The van der Waals surface area contributed by atoms with Gasteiger partial charge in [-0.05, 0) is 56.0 Å². The second-order valence-corrected chi connectivity index (χ2v) is 7.25. The van der Waals surface area contributed by atoms with E-state index in [-0.39, 0.29) is 11.9 Å². The number of hydrogen-bond donors (Lipinski definition) is 1. The van der Waals surface area contributed by atoms with Crippen molar-refractivity contribution in [2.45, 2.75) is 32.7 Å². The summed E-state index contributed by atoms with van der Waals surface area (Å²) in [4.78, 5) is 12.8. The molecule has 1 N–H and O–H groups in total. The van der Waals surface area contributed by atoms with Crippen molar-refractivity contribution in [2.24, 2.45) is 0 Å². The average molecular weight is 366 g/mol. The Morgan fingerprint density at radius 1 is 1.15 bits per heavy atom. The van der Waals surface area contributed by atoms with Crippen LogP contribution in [0.4, 0.5) is 0 Å². The Bertz CT molecular complexity index is 989. The highest BCUT2D eigenvalue weighted by Crippen LogP contribution is 2.29.